The molecule has 1 fully saturated rings. The number of hydrogen-bond acceptors (Lipinski definition) is 5. The molecule has 0 spiro atoms. The van der Waals surface area contributed by atoms with Gasteiger partial charge in [-0.05, 0) is 55.0 Å². The first-order valence-corrected chi connectivity index (χ1v) is 10.3. The SMILES string of the molecule is O=C(Nc1ccc(F)cc1)c1ccc(N2CCCN(C(=O)c3ccccc3C(F)(F)F)C2)nn1. The van der Waals surface area contributed by atoms with E-state index in [0.717, 1.165) is 6.07 Å². The van der Waals surface area contributed by atoms with Gasteiger partial charge in [-0.1, -0.05) is 12.1 Å². The fraction of sp³-hybridized carbons (Fsp3) is 0.217. The van der Waals surface area contributed by atoms with E-state index in [2.05, 4.69) is 15.5 Å². The van der Waals surface area contributed by atoms with E-state index in [0.29, 0.717) is 31.0 Å². The Kier molecular flexibility index (Phi) is 6.44. The molecule has 0 bridgehead atoms. The molecule has 34 heavy (non-hydrogen) atoms. The van der Waals surface area contributed by atoms with E-state index in [4.69, 9.17) is 0 Å². The highest BCUT2D eigenvalue weighted by Crippen LogP contribution is 2.32. The van der Waals surface area contributed by atoms with Crippen molar-refractivity contribution in [2.24, 2.45) is 0 Å². The van der Waals surface area contributed by atoms with Crippen LogP contribution in [0.4, 0.5) is 29.1 Å². The summed E-state index contributed by atoms with van der Waals surface area (Å²) in [7, 11) is 0. The summed E-state index contributed by atoms with van der Waals surface area (Å²) in [6.07, 6.45) is -4.12. The Balaban J connectivity index is 1.45. The first-order chi connectivity index (χ1) is 16.2. The summed E-state index contributed by atoms with van der Waals surface area (Å²) in [5, 5.41) is 10.5. The van der Waals surface area contributed by atoms with Gasteiger partial charge < -0.3 is 15.1 Å². The lowest BCUT2D eigenvalue weighted by molar-refractivity contribution is -0.138. The fourth-order valence-corrected chi connectivity index (χ4v) is 3.58. The van der Waals surface area contributed by atoms with Crippen molar-refractivity contribution >= 4 is 23.3 Å². The van der Waals surface area contributed by atoms with Gasteiger partial charge in [0.25, 0.3) is 11.8 Å². The quantitative estimate of drug-likeness (QED) is 0.575. The van der Waals surface area contributed by atoms with Crippen LogP contribution in [0.2, 0.25) is 0 Å². The zero-order valence-corrected chi connectivity index (χ0v) is 17.7. The van der Waals surface area contributed by atoms with Gasteiger partial charge in [-0.3, -0.25) is 9.59 Å². The van der Waals surface area contributed by atoms with Crippen molar-refractivity contribution in [2.45, 2.75) is 12.6 Å². The third-order valence-electron chi connectivity index (χ3n) is 5.26. The smallest absolute Gasteiger partial charge is 0.337 e. The number of alkyl halides is 3. The maximum atomic E-state index is 13.3. The standard InChI is InChI=1S/C23H19F4N5O2/c24-15-6-8-16(9-7-15)28-21(33)19-10-11-20(30-29-19)31-12-3-13-32(14-31)22(34)17-4-1-2-5-18(17)23(25,26)27/h1-2,4-11H,3,12-14H2,(H,28,33). The van der Waals surface area contributed by atoms with E-state index in [1.807, 2.05) is 0 Å². The van der Waals surface area contributed by atoms with Crippen LogP contribution in [0.5, 0.6) is 0 Å². The Hall–Kier alpha value is -4.02. The highest BCUT2D eigenvalue weighted by Gasteiger charge is 2.36. The van der Waals surface area contributed by atoms with Gasteiger partial charge in [0.2, 0.25) is 0 Å². The molecule has 7 nitrogen and oxygen atoms in total. The molecular formula is C23H19F4N5O2. The minimum absolute atomic E-state index is 0.0251. The van der Waals surface area contributed by atoms with Crippen LogP contribution < -0.4 is 10.2 Å². The lowest BCUT2D eigenvalue weighted by Gasteiger charge is -2.36. The van der Waals surface area contributed by atoms with Gasteiger partial charge in [-0.2, -0.15) is 13.2 Å². The third kappa shape index (κ3) is 5.13. The summed E-state index contributed by atoms with van der Waals surface area (Å²) < 4.78 is 53.0. The molecule has 1 aliphatic rings. The second-order valence-electron chi connectivity index (χ2n) is 7.61. The molecule has 0 atom stereocenters. The average molecular weight is 473 g/mol. The highest BCUT2D eigenvalue weighted by molar-refractivity contribution is 6.02. The molecule has 1 aromatic heterocycles. The molecule has 2 aromatic carbocycles. The first kappa shape index (κ1) is 23.1. The molecule has 0 saturated carbocycles. The molecular weight excluding hydrogens is 454 g/mol. The van der Waals surface area contributed by atoms with Gasteiger partial charge in [-0.15, -0.1) is 10.2 Å². The maximum absolute atomic E-state index is 13.3. The molecule has 0 unspecified atom stereocenters. The van der Waals surface area contributed by atoms with Crippen molar-refractivity contribution < 1.29 is 27.2 Å². The van der Waals surface area contributed by atoms with E-state index >= 15 is 0 Å². The van der Waals surface area contributed by atoms with E-state index in [-0.39, 0.29) is 12.4 Å². The monoisotopic (exact) mass is 473 g/mol. The summed E-state index contributed by atoms with van der Waals surface area (Å²) >= 11 is 0. The van der Waals surface area contributed by atoms with Crippen molar-refractivity contribution in [3.8, 4) is 0 Å². The lowest BCUT2D eigenvalue weighted by Crippen LogP contribution is -2.48. The van der Waals surface area contributed by atoms with Gasteiger partial charge in [0.1, 0.15) is 5.82 Å². The first-order valence-electron chi connectivity index (χ1n) is 10.3. The summed E-state index contributed by atoms with van der Waals surface area (Å²) in [5.41, 5.74) is -0.970. The molecule has 11 heteroatoms. The molecule has 0 aliphatic carbocycles. The minimum Gasteiger partial charge on any atom is -0.337 e. The number of carbonyl (C=O) groups excluding carboxylic acids is 2. The Morgan fingerprint density at radius 1 is 0.912 bits per heavy atom. The summed E-state index contributed by atoms with van der Waals surface area (Å²) in [6.45, 7) is 0.842. The lowest BCUT2D eigenvalue weighted by atomic mass is 10.1. The molecule has 1 aliphatic heterocycles. The Bertz CT molecular complexity index is 1180. The topological polar surface area (TPSA) is 78.4 Å². The van der Waals surface area contributed by atoms with Crippen LogP contribution in [0.1, 0.15) is 32.8 Å². The predicted octanol–water partition coefficient (Wildman–Crippen LogP) is 4.20. The molecule has 2 amide bonds. The normalized spacial score (nSPS) is 14.1. The van der Waals surface area contributed by atoms with Crippen molar-refractivity contribution in [3.05, 3.63) is 83.3 Å². The van der Waals surface area contributed by atoms with Crippen LogP contribution in [-0.4, -0.2) is 46.7 Å². The summed E-state index contributed by atoms with van der Waals surface area (Å²) in [4.78, 5) is 28.2. The number of aromatic nitrogens is 2. The van der Waals surface area contributed by atoms with Crippen LogP contribution >= 0.6 is 0 Å². The van der Waals surface area contributed by atoms with Gasteiger partial charge in [0, 0.05) is 18.8 Å². The van der Waals surface area contributed by atoms with Gasteiger partial charge >= 0.3 is 6.18 Å². The second-order valence-corrected chi connectivity index (χ2v) is 7.61. The van der Waals surface area contributed by atoms with E-state index in [1.165, 1.54) is 53.4 Å². The average Bonchev–Trinajstić information content (AvgIpc) is 2.84. The van der Waals surface area contributed by atoms with Crippen molar-refractivity contribution in [2.75, 3.05) is 30.0 Å². The Labute approximate surface area is 192 Å². The van der Waals surface area contributed by atoms with Crippen LogP contribution in [-0.2, 0) is 6.18 Å². The molecule has 1 N–H and O–H groups in total. The van der Waals surface area contributed by atoms with Crippen LogP contribution in [0, 0.1) is 5.82 Å². The molecule has 2 heterocycles. The van der Waals surface area contributed by atoms with Crippen LogP contribution in [0.15, 0.2) is 60.7 Å². The number of nitrogens with zero attached hydrogens (tertiary/aromatic N) is 4. The number of carbonyl (C=O) groups is 2. The zero-order valence-electron chi connectivity index (χ0n) is 17.7. The van der Waals surface area contributed by atoms with E-state index < -0.39 is 34.9 Å². The van der Waals surface area contributed by atoms with E-state index in [1.54, 1.807) is 11.0 Å². The van der Waals surface area contributed by atoms with Crippen molar-refractivity contribution in [3.63, 3.8) is 0 Å². The zero-order chi connectivity index (χ0) is 24.3. The minimum atomic E-state index is -4.64. The number of halogens is 4. The third-order valence-corrected chi connectivity index (χ3v) is 5.26. The highest BCUT2D eigenvalue weighted by atomic mass is 19.4. The second kappa shape index (κ2) is 9.46. The molecule has 0 radical (unpaired) electrons. The largest absolute Gasteiger partial charge is 0.417 e. The molecule has 1 saturated heterocycles. The van der Waals surface area contributed by atoms with Crippen molar-refractivity contribution in [1.82, 2.24) is 15.1 Å². The number of hydrogen-bond donors (Lipinski definition) is 1. The van der Waals surface area contributed by atoms with Crippen LogP contribution in [0.25, 0.3) is 0 Å². The number of benzene rings is 2. The van der Waals surface area contributed by atoms with Crippen LogP contribution in [0.3, 0.4) is 0 Å². The molecule has 4 rings (SSSR count). The fourth-order valence-electron chi connectivity index (χ4n) is 3.58. The number of rotatable bonds is 4. The molecule has 3 aromatic rings. The van der Waals surface area contributed by atoms with Gasteiger partial charge in [0.05, 0.1) is 17.8 Å². The number of nitrogens with one attached hydrogen (secondary N) is 1. The van der Waals surface area contributed by atoms with E-state index in [9.17, 15) is 27.2 Å². The van der Waals surface area contributed by atoms with Gasteiger partial charge in [0.15, 0.2) is 11.5 Å². The Morgan fingerprint density at radius 3 is 2.32 bits per heavy atom. The van der Waals surface area contributed by atoms with Gasteiger partial charge in [-0.25, -0.2) is 4.39 Å². The van der Waals surface area contributed by atoms with Crippen molar-refractivity contribution in [1.29, 1.82) is 0 Å². The Morgan fingerprint density at radius 2 is 1.65 bits per heavy atom. The summed E-state index contributed by atoms with van der Waals surface area (Å²) in [5.74, 6) is -1.32. The number of amides is 2. The maximum Gasteiger partial charge on any atom is 0.417 e. The predicted molar refractivity (Wildman–Crippen MR) is 116 cm³/mol. The summed E-state index contributed by atoms with van der Waals surface area (Å²) in [6, 6.07) is 12.9. The molecule has 176 valence electrons. The number of anilines is 2.